The summed E-state index contributed by atoms with van der Waals surface area (Å²) in [6.07, 6.45) is 1.71. The van der Waals surface area contributed by atoms with Crippen LogP contribution in [0.15, 0.2) is 88.4 Å². The summed E-state index contributed by atoms with van der Waals surface area (Å²) >= 11 is 0. The maximum Gasteiger partial charge on any atom is 0.314 e. The van der Waals surface area contributed by atoms with Gasteiger partial charge in [0.2, 0.25) is 11.8 Å². The van der Waals surface area contributed by atoms with Crippen molar-refractivity contribution in [3.05, 3.63) is 95.9 Å². The quantitative estimate of drug-likeness (QED) is 0.358. The van der Waals surface area contributed by atoms with Crippen molar-refractivity contribution in [2.24, 2.45) is 11.1 Å². The lowest BCUT2D eigenvalue weighted by atomic mass is 9.89. The van der Waals surface area contributed by atoms with Gasteiger partial charge >= 0.3 is 5.97 Å². The summed E-state index contributed by atoms with van der Waals surface area (Å²) in [5.74, 6) is 0.308. The summed E-state index contributed by atoms with van der Waals surface area (Å²) in [6, 6.07) is 25.8. The summed E-state index contributed by atoms with van der Waals surface area (Å²) in [6.45, 7) is 1.96. The first-order valence-electron chi connectivity index (χ1n) is 12.1. The number of aromatic nitrogens is 2. The SMILES string of the molecule is CC1=NOC(c2ccc(-c3ccc(C4(C(=O)O)CC4)cc3)cc2)C1Cc1nnc(-c2ccccc2)o1. The minimum absolute atomic E-state index is 0.00930. The summed E-state index contributed by atoms with van der Waals surface area (Å²) in [5.41, 5.74) is 5.10. The van der Waals surface area contributed by atoms with Crippen molar-refractivity contribution in [1.29, 1.82) is 0 Å². The molecule has 1 saturated carbocycles. The minimum atomic E-state index is -0.736. The molecular formula is C29H25N3O4. The molecule has 1 aliphatic carbocycles. The van der Waals surface area contributed by atoms with Crippen molar-refractivity contribution in [3.8, 4) is 22.6 Å². The van der Waals surface area contributed by atoms with Crippen molar-refractivity contribution >= 4 is 11.7 Å². The lowest BCUT2D eigenvalue weighted by molar-refractivity contribution is -0.140. The molecule has 0 amide bonds. The molecule has 6 rings (SSSR count). The number of oxime groups is 1. The second-order valence-electron chi connectivity index (χ2n) is 9.52. The van der Waals surface area contributed by atoms with E-state index in [9.17, 15) is 9.90 Å². The van der Waals surface area contributed by atoms with Crippen LogP contribution >= 0.6 is 0 Å². The highest BCUT2D eigenvalue weighted by molar-refractivity contribution is 5.86. The molecular weight excluding hydrogens is 454 g/mol. The van der Waals surface area contributed by atoms with Gasteiger partial charge in [0.1, 0.15) is 0 Å². The predicted molar refractivity (Wildman–Crippen MR) is 134 cm³/mol. The Hall–Kier alpha value is -4.26. The van der Waals surface area contributed by atoms with Crippen LogP contribution in [0.2, 0.25) is 0 Å². The van der Waals surface area contributed by atoms with Gasteiger partial charge in [-0.1, -0.05) is 71.9 Å². The molecule has 7 nitrogen and oxygen atoms in total. The van der Waals surface area contributed by atoms with Crippen LogP contribution in [0, 0.1) is 5.92 Å². The van der Waals surface area contributed by atoms with Gasteiger partial charge in [-0.15, -0.1) is 10.2 Å². The molecule has 0 bridgehead atoms. The van der Waals surface area contributed by atoms with Crippen molar-refractivity contribution in [2.75, 3.05) is 0 Å². The molecule has 1 N–H and O–H groups in total. The first-order chi connectivity index (χ1) is 17.5. The normalized spacial score (nSPS) is 20.0. The Balaban J connectivity index is 1.17. The monoisotopic (exact) mass is 479 g/mol. The van der Waals surface area contributed by atoms with Crippen LogP contribution in [-0.4, -0.2) is 27.0 Å². The Morgan fingerprint density at radius 1 is 0.917 bits per heavy atom. The smallest absolute Gasteiger partial charge is 0.314 e. The van der Waals surface area contributed by atoms with E-state index in [0.29, 0.717) is 31.0 Å². The Kier molecular flexibility index (Phi) is 5.40. The molecule has 2 atom stereocenters. The van der Waals surface area contributed by atoms with E-state index in [4.69, 9.17) is 9.25 Å². The Morgan fingerprint density at radius 2 is 1.58 bits per heavy atom. The van der Waals surface area contributed by atoms with Crippen molar-refractivity contribution in [2.45, 2.75) is 37.7 Å². The molecule has 2 aliphatic rings. The van der Waals surface area contributed by atoms with Gasteiger partial charge in [-0.25, -0.2) is 0 Å². The van der Waals surface area contributed by atoms with Gasteiger partial charge < -0.3 is 14.4 Å². The van der Waals surface area contributed by atoms with Gasteiger partial charge in [0.25, 0.3) is 0 Å². The van der Waals surface area contributed by atoms with E-state index in [0.717, 1.165) is 33.5 Å². The number of hydrogen-bond donors (Lipinski definition) is 1. The fraction of sp³-hybridized carbons (Fsp3) is 0.241. The number of nitrogens with zero attached hydrogens (tertiary/aromatic N) is 3. The van der Waals surface area contributed by atoms with Crippen molar-refractivity contribution < 1.29 is 19.2 Å². The van der Waals surface area contributed by atoms with E-state index in [1.807, 2.05) is 61.5 Å². The molecule has 2 heterocycles. The Morgan fingerprint density at radius 3 is 2.22 bits per heavy atom. The summed E-state index contributed by atoms with van der Waals surface area (Å²) in [5, 5.41) is 22.2. The first kappa shape index (κ1) is 22.2. The molecule has 3 aromatic carbocycles. The zero-order valence-corrected chi connectivity index (χ0v) is 19.8. The highest BCUT2D eigenvalue weighted by Gasteiger charge is 2.51. The van der Waals surface area contributed by atoms with Crippen LogP contribution < -0.4 is 0 Å². The van der Waals surface area contributed by atoms with Crippen molar-refractivity contribution in [1.82, 2.24) is 10.2 Å². The maximum atomic E-state index is 11.6. The third kappa shape index (κ3) is 3.96. The van der Waals surface area contributed by atoms with E-state index in [-0.39, 0.29) is 12.0 Å². The molecule has 0 spiro atoms. The van der Waals surface area contributed by atoms with Crippen LogP contribution in [0.4, 0.5) is 0 Å². The number of carbonyl (C=O) groups is 1. The van der Waals surface area contributed by atoms with E-state index in [1.165, 1.54) is 0 Å². The lowest BCUT2D eigenvalue weighted by Crippen LogP contribution is -2.19. The van der Waals surface area contributed by atoms with Crippen molar-refractivity contribution in [3.63, 3.8) is 0 Å². The summed E-state index contributed by atoms with van der Waals surface area (Å²) in [4.78, 5) is 17.4. The molecule has 0 saturated heterocycles. The average molecular weight is 480 g/mol. The standard InChI is InChI=1S/C29H25N3O4/c1-18-24(17-25-30-31-27(35-25)22-5-3-2-4-6-22)26(36-32-18)21-9-7-19(8-10-21)20-11-13-23(14-12-20)29(15-16-29)28(33)34/h2-14,24,26H,15-17H2,1H3,(H,33,34). The molecule has 1 fully saturated rings. The largest absolute Gasteiger partial charge is 0.481 e. The molecule has 2 unspecified atom stereocenters. The number of hydrogen-bond acceptors (Lipinski definition) is 6. The third-order valence-corrected chi connectivity index (χ3v) is 7.26. The maximum absolute atomic E-state index is 11.6. The topological polar surface area (TPSA) is 97.8 Å². The minimum Gasteiger partial charge on any atom is -0.481 e. The van der Waals surface area contributed by atoms with Crippen LogP contribution in [0.5, 0.6) is 0 Å². The second kappa shape index (κ2) is 8.75. The van der Waals surface area contributed by atoms with Gasteiger partial charge in [0.15, 0.2) is 6.10 Å². The summed E-state index contributed by atoms with van der Waals surface area (Å²) in [7, 11) is 0. The van der Waals surface area contributed by atoms with Crippen LogP contribution in [0.1, 0.15) is 42.9 Å². The van der Waals surface area contributed by atoms with E-state index in [2.05, 4.69) is 39.6 Å². The fourth-order valence-corrected chi connectivity index (χ4v) is 4.87. The van der Waals surface area contributed by atoms with Gasteiger partial charge in [-0.05, 0) is 54.2 Å². The molecule has 0 radical (unpaired) electrons. The van der Waals surface area contributed by atoms with E-state index < -0.39 is 11.4 Å². The van der Waals surface area contributed by atoms with Gasteiger partial charge in [0, 0.05) is 12.0 Å². The highest BCUT2D eigenvalue weighted by atomic mass is 16.6. The zero-order valence-electron chi connectivity index (χ0n) is 19.8. The number of carboxylic acids is 1. The summed E-state index contributed by atoms with van der Waals surface area (Å²) < 4.78 is 5.92. The van der Waals surface area contributed by atoms with E-state index >= 15 is 0 Å². The molecule has 4 aromatic rings. The number of aliphatic carboxylic acids is 1. The third-order valence-electron chi connectivity index (χ3n) is 7.26. The molecule has 7 heteroatoms. The van der Waals surface area contributed by atoms with Crippen LogP contribution in [-0.2, 0) is 21.5 Å². The molecule has 1 aromatic heterocycles. The Labute approximate surface area is 208 Å². The van der Waals surface area contributed by atoms with Crippen LogP contribution in [0.3, 0.4) is 0 Å². The van der Waals surface area contributed by atoms with Gasteiger partial charge in [-0.3, -0.25) is 4.79 Å². The van der Waals surface area contributed by atoms with Gasteiger partial charge in [-0.2, -0.15) is 0 Å². The highest BCUT2D eigenvalue weighted by Crippen LogP contribution is 2.48. The fourth-order valence-electron chi connectivity index (χ4n) is 4.87. The molecule has 180 valence electrons. The number of benzene rings is 3. The predicted octanol–water partition coefficient (Wildman–Crippen LogP) is 5.83. The average Bonchev–Trinajstić information content (AvgIpc) is 3.48. The van der Waals surface area contributed by atoms with E-state index in [1.54, 1.807) is 0 Å². The van der Waals surface area contributed by atoms with Crippen LogP contribution in [0.25, 0.3) is 22.6 Å². The lowest BCUT2D eigenvalue weighted by Gasteiger charge is -2.17. The first-order valence-corrected chi connectivity index (χ1v) is 12.1. The molecule has 1 aliphatic heterocycles. The number of rotatable bonds is 7. The number of carboxylic acid groups (broad SMARTS) is 1. The molecule has 36 heavy (non-hydrogen) atoms. The van der Waals surface area contributed by atoms with Gasteiger partial charge in [0.05, 0.1) is 17.0 Å². The Bertz CT molecular complexity index is 1420. The zero-order chi connectivity index (χ0) is 24.7. The second-order valence-corrected chi connectivity index (χ2v) is 9.52.